The number of aromatic amines is 2. The second-order valence-electron chi connectivity index (χ2n) is 12.6. The van der Waals surface area contributed by atoms with Crippen molar-refractivity contribution < 1.29 is 18.4 Å². The number of nitrogens with zero attached hydrogens (tertiary/aromatic N) is 6. The fraction of sp³-hybridized carbons (Fsp3) is 0.150. The molecule has 12 nitrogen and oxygen atoms in total. The zero-order valence-corrected chi connectivity index (χ0v) is 28.7. The third kappa shape index (κ3) is 7.35. The number of nitriles is 2. The minimum absolute atomic E-state index is 0.000299. The van der Waals surface area contributed by atoms with Gasteiger partial charge in [0.2, 0.25) is 0 Å². The standard InChI is InChI=1S/2C20H16FN5O/c21-18-14(11-22)7-4-8-17(18)23-20(27)26-10-9-16-15(12-26)19(25-24-16)13-5-2-1-3-6-13;21-17-7-6-15(10-14(17)11-22)23-20(27)26-9-8-18-16(12-26)19(25-24-18)13-4-2-1-3-5-13/h1-8H,9-10,12H2,(H,23,27)(H,24,25);1-7,10H,8-9,12H2,(H,23,27)(H,24,25). The average Bonchev–Trinajstić information content (AvgIpc) is 3.84. The fourth-order valence-corrected chi connectivity index (χ4v) is 6.41. The van der Waals surface area contributed by atoms with Crippen LogP contribution in [0.5, 0.6) is 0 Å². The first kappa shape index (κ1) is 35.1. The third-order valence-electron chi connectivity index (χ3n) is 9.23. The van der Waals surface area contributed by atoms with E-state index in [4.69, 9.17) is 10.5 Å². The third-order valence-corrected chi connectivity index (χ3v) is 9.23. The summed E-state index contributed by atoms with van der Waals surface area (Å²) in [6, 6.07) is 30.7. The number of carbonyl (C=O) groups excluding carboxylic acids is 2. The lowest BCUT2D eigenvalue weighted by Gasteiger charge is -2.27. The lowest BCUT2D eigenvalue weighted by molar-refractivity contribution is 0.205. The van der Waals surface area contributed by atoms with Gasteiger partial charge in [0.1, 0.15) is 18.0 Å². The molecule has 0 unspecified atom stereocenters. The van der Waals surface area contributed by atoms with Crippen LogP contribution in [-0.4, -0.2) is 55.3 Å². The highest BCUT2D eigenvalue weighted by Crippen LogP contribution is 2.30. The van der Waals surface area contributed by atoms with E-state index >= 15 is 0 Å². The van der Waals surface area contributed by atoms with E-state index in [-0.39, 0.29) is 22.8 Å². The monoisotopic (exact) mass is 722 g/mol. The van der Waals surface area contributed by atoms with Crippen molar-refractivity contribution in [2.75, 3.05) is 23.7 Å². The Balaban J connectivity index is 0.000000167. The van der Waals surface area contributed by atoms with Crippen molar-refractivity contribution in [3.8, 4) is 34.7 Å². The number of rotatable bonds is 4. The van der Waals surface area contributed by atoms with Gasteiger partial charge in [0.15, 0.2) is 5.82 Å². The van der Waals surface area contributed by atoms with Gasteiger partial charge in [0.25, 0.3) is 0 Å². The van der Waals surface area contributed by atoms with Gasteiger partial charge in [-0.15, -0.1) is 0 Å². The van der Waals surface area contributed by atoms with E-state index < -0.39 is 17.7 Å². The fourth-order valence-electron chi connectivity index (χ4n) is 6.41. The molecule has 4 heterocycles. The van der Waals surface area contributed by atoms with E-state index in [0.717, 1.165) is 45.0 Å². The van der Waals surface area contributed by atoms with E-state index in [0.29, 0.717) is 44.7 Å². The highest BCUT2D eigenvalue weighted by Gasteiger charge is 2.27. The summed E-state index contributed by atoms with van der Waals surface area (Å²) < 4.78 is 27.6. The molecule has 4 N–H and O–H groups in total. The Morgan fingerprint density at radius 2 is 1.20 bits per heavy atom. The summed E-state index contributed by atoms with van der Waals surface area (Å²) in [7, 11) is 0. The van der Waals surface area contributed by atoms with Gasteiger partial charge >= 0.3 is 12.1 Å². The molecule has 0 radical (unpaired) electrons. The molecule has 14 heteroatoms. The van der Waals surface area contributed by atoms with E-state index in [2.05, 4.69) is 31.0 Å². The highest BCUT2D eigenvalue weighted by atomic mass is 19.1. The second-order valence-corrected chi connectivity index (χ2v) is 12.6. The van der Waals surface area contributed by atoms with Crippen LogP contribution in [0.1, 0.15) is 33.6 Å². The minimum atomic E-state index is -0.723. The Morgan fingerprint density at radius 1 is 0.667 bits per heavy atom. The number of aromatic nitrogens is 4. The van der Waals surface area contributed by atoms with Gasteiger partial charge in [-0.05, 0) is 30.3 Å². The van der Waals surface area contributed by atoms with Gasteiger partial charge < -0.3 is 20.4 Å². The normalized spacial score (nSPS) is 13.0. The van der Waals surface area contributed by atoms with Crippen LogP contribution in [0.25, 0.3) is 22.5 Å². The predicted octanol–water partition coefficient (Wildman–Crippen LogP) is 7.36. The molecule has 0 aliphatic carbocycles. The Morgan fingerprint density at radius 3 is 1.74 bits per heavy atom. The first-order valence-corrected chi connectivity index (χ1v) is 17.1. The van der Waals surface area contributed by atoms with Gasteiger partial charge in [-0.2, -0.15) is 20.7 Å². The molecule has 0 saturated heterocycles. The number of fused-ring (bicyclic) bond motifs is 2. The molecule has 54 heavy (non-hydrogen) atoms. The largest absolute Gasteiger partial charge is 0.322 e. The average molecular weight is 723 g/mol. The molecule has 4 aromatic carbocycles. The van der Waals surface area contributed by atoms with Crippen LogP contribution in [0.2, 0.25) is 0 Å². The number of hydrogen-bond donors (Lipinski definition) is 4. The number of urea groups is 2. The molecule has 8 rings (SSSR count). The van der Waals surface area contributed by atoms with Crippen molar-refractivity contribution in [2.24, 2.45) is 0 Å². The summed E-state index contributed by atoms with van der Waals surface area (Å²) in [5.74, 6) is -1.33. The number of amides is 4. The molecular formula is C40H32F2N10O2. The molecule has 6 aromatic rings. The van der Waals surface area contributed by atoms with Gasteiger partial charge in [0.05, 0.1) is 41.3 Å². The molecule has 2 aliphatic rings. The number of nitrogens with one attached hydrogen (secondary N) is 4. The minimum Gasteiger partial charge on any atom is -0.320 e. The van der Waals surface area contributed by atoms with Crippen molar-refractivity contribution in [1.82, 2.24) is 30.2 Å². The van der Waals surface area contributed by atoms with Crippen molar-refractivity contribution >= 4 is 23.4 Å². The molecule has 2 aliphatic heterocycles. The summed E-state index contributed by atoms with van der Waals surface area (Å²) in [5, 5.41) is 38.1. The van der Waals surface area contributed by atoms with Gasteiger partial charge in [-0.25, -0.2) is 18.4 Å². The smallest absolute Gasteiger partial charge is 0.320 e. The van der Waals surface area contributed by atoms with E-state index in [9.17, 15) is 18.4 Å². The summed E-state index contributed by atoms with van der Waals surface area (Å²) in [5.41, 5.74) is 7.83. The molecule has 268 valence electrons. The number of halogens is 2. The molecule has 0 spiro atoms. The van der Waals surface area contributed by atoms with E-state index in [1.165, 1.54) is 36.4 Å². The Hall–Kier alpha value is -7.32. The summed E-state index contributed by atoms with van der Waals surface area (Å²) in [6.07, 6.45) is 1.32. The van der Waals surface area contributed by atoms with Crippen molar-refractivity contribution in [2.45, 2.75) is 25.9 Å². The SMILES string of the molecule is N#Cc1cc(NC(=O)N2CCc3[nH]nc(-c4ccccc4)c3C2)ccc1F.N#Cc1cccc(NC(=O)N2CCc3[nH]nc(-c4ccccc4)c3C2)c1F. The number of H-pyrrole nitrogens is 2. The maximum atomic E-state index is 14.2. The van der Waals surface area contributed by atoms with E-state index in [1.807, 2.05) is 60.7 Å². The first-order valence-electron chi connectivity index (χ1n) is 17.1. The highest BCUT2D eigenvalue weighted by molar-refractivity contribution is 5.90. The Labute approximate surface area is 308 Å². The lowest BCUT2D eigenvalue weighted by Crippen LogP contribution is -2.39. The maximum Gasteiger partial charge on any atom is 0.322 e. The van der Waals surface area contributed by atoms with Crippen LogP contribution in [0, 0.1) is 34.3 Å². The van der Waals surface area contributed by atoms with Crippen LogP contribution in [-0.2, 0) is 25.9 Å². The van der Waals surface area contributed by atoms with Crippen LogP contribution >= 0.6 is 0 Å². The second kappa shape index (κ2) is 15.5. The van der Waals surface area contributed by atoms with Gasteiger partial charge in [-0.1, -0.05) is 66.7 Å². The number of hydrogen-bond acceptors (Lipinski definition) is 6. The quantitative estimate of drug-likeness (QED) is 0.148. The lowest BCUT2D eigenvalue weighted by atomic mass is 10.0. The van der Waals surface area contributed by atoms with Gasteiger partial charge in [-0.3, -0.25) is 10.2 Å². The molecule has 0 atom stereocenters. The van der Waals surface area contributed by atoms with Crippen LogP contribution in [0.3, 0.4) is 0 Å². The van der Waals surface area contributed by atoms with Crippen LogP contribution < -0.4 is 10.6 Å². The van der Waals surface area contributed by atoms with Crippen LogP contribution in [0.15, 0.2) is 97.1 Å². The summed E-state index contributed by atoms with van der Waals surface area (Å²) >= 11 is 0. The van der Waals surface area contributed by atoms with Crippen molar-refractivity contribution in [3.05, 3.63) is 142 Å². The maximum absolute atomic E-state index is 14.2. The zero-order valence-electron chi connectivity index (χ0n) is 28.7. The topological polar surface area (TPSA) is 170 Å². The number of anilines is 2. The van der Waals surface area contributed by atoms with Gasteiger partial charge in [0, 0.05) is 65.3 Å². The van der Waals surface area contributed by atoms with Crippen molar-refractivity contribution in [3.63, 3.8) is 0 Å². The first-order chi connectivity index (χ1) is 26.3. The predicted molar refractivity (Wildman–Crippen MR) is 197 cm³/mol. The molecular weight excluding hydrogens is 691 g/mol. The van der Waals surface area contributed by atoms with Crippen molar-refractivity contribution in [1.29, 1.82) is 10.5 Å². The molecule has 0 bridgehead atoms. The van der Waals surface area contributed by atoms with E-state index in [1.54, 1.807) is 21.9 Å². The molecule has 0 fully saturated rings. The summed E-state index contributed by atoms with van der Waals surface area (Å²) in [6.45, 7) is 1.84. The Bertz CT molecular complexity index is 2400. The number of carbonyl (C=O) groups is 2. The zero-order chi connectivity index (χ0) is 37.6. The Kier molecular flexibility index (Phi) is 10.1. The van der Waals surface area contributed by atoms with Crippen LogP contribution in [0.4, 0.5) is 29.7 Å². The number of benzene rings is 4. The molecule has 4 amide bonds. The molecule has 2 aromatic heterocycles. The summed E-state index contributed by atoms with van der Waals surface area (Å²) in [4.78, 5) is 28.6. The molecule has 0 saturated carbocycles.